The molecule has 0 saturated carbocycles. The molecule has 0 aliphatic rings. The van der Waals surface area contributed by atoms with Gasteiger partial charge in [-0.2, -0.15) is 0 Å². The number of carboxylic acids is 1. The highest BCUT2D eigenvalue weighted by atomic mass is 79.9. The van der Waals surface area contributed by atoms with E-state index in [9.17, 15) is 14.7 Å². The smallest absolute Gasteiger partial charge is 0.336 e. The Morgan fingerprint density at radius 3 is 2.15 bits per heavy atom. The van der Waals surface area contributed by atoms with Crippen LogP contribution in [-0.4, -0.2) is 17.0 Å². The van der Waals surface area contributed by atoms with E-state index < -0.39 is 11.9 Å². The summed E-state index contributed by atoms with van der Waals surface area (Å²) in [6, 6.07) is 20.8. The lowest BCUT2D eigenvalue weighted by atomic mass is 10.1. The van der Waals surface area contributed by atoms with Gasteiger partial charge in [0.05, 0.1) is 16.8 Å². The highest BCUT2D eigenvalue weighted by Crippen LogP contribution is 2.17. The van der Waals surface area contributed by atoms with Crippen LogP contribution < -0.4 is 5.32 Å². The van der Waals surface area contributed by atoms with Gasteiger partial charge in [0.15, 0.2) is 0 Å². The van der Waals surface area contributed by atoms with Crippen molar-refractivity contribution >= 4 is 33.5 Å². The number of hydrogen-bond acceptors (Lipinski definition) is 2. The van der Waals surface area contributed by atoms with Gasteiger partial charge in [0.25, 0.3) is 5.91 Å². The van der Waals surface area contributed by atoms with Crippen molar-refractivity contribution in [1.29, 1.82) is 0 Å². The zero-order valence-electron chi connectivity index (χ0n) is 14.1. The molecule has 5 heteroatoms. The average molecular weight is 420 g/mol. The van der Waals surface area contributed by atoms with Crippen molar-refractivity contribution in [2.75, 3.05) is 5.32 Å². The van der Waals surface area contributed by atoms with Crippen molar-refractivity contribution in [2.45, 2.75) is 0 Å². The van der Waals surface area contributed by atoms with Crippen molar-refractivity contribution in [2.24, 2.45) is 0 Å². The summed E-state index contributed by atoms with van der Waals surface area (Å²) in [6.07, 6.45) is 0. The summed E-state index contributed by atoms with van der Waals surface area (Å²) in [6.45, 7) is 0. The maximum Gasteiger partial charge on any atom is 0.336 e. The molecule has 0 spiro atoms. The highest BCUT2D eigenvalue weighted by Gasteiger charge is 2.16. The fourth-order valence-corrected chi connectivity index (χ4v) is 2.70. The fourth-order valence-electron chi connectivity index (χ4n) is 2.43. The molecule has 0 atom stereocenters. The average Bonchev–Trinajstić information content (AvgIpc) is 2.68. The number of aromatic carboxylic acids is 1. The SMILES string of the molecule is O=C(O)c1ccccc1C(=O)Nc1ccccc1C#Cc1ccc(Br)cc1. The van der Waals surface area contributed by atoms with Crippen molar-refractivity contribution in [3.63, 3.8) is 0 Å². The number of amides is 1. The van der Waals surface area contributed by atoms with Gasteiger partial charge in [0, 0.05) is 15.6 Å². The highest BCUT2D eigenvalue weighted by molar-refractivity contribution is 9.10. The normalized spacial score (nSPS) is 9.81. The van der Waals surface area contributed by atoms with Crippen molar-refractivity contribution in [3.05, 3.63) is 99.5 Å². The maximum atomic E-state index is 12.6. The van der Waals surface area contributed by atoms with Gasteiger partial charge in [-0.3, -0.25) is 4.79 Å². The van der Waals surface area contributed by atoms with E-state index in [-0.39, 0.29) is 11.1 Å². The molecule has 132 valence electrons. The Bertz CT molecular complexity index is 1060. The first kappa shape index (κ1) is 18.4. The van der Waals surface area contributed by atoms with Crippen molar-refractivity contribution in [3.8, 4) is 11.8 Å². The third-order valence-electron chi connectivity index (χ3n) is 3.76. The van der Waals surface area contributed by atoms with Gasteiger partial charge in [0.2, 0.25) is 0 Å². The summed E-state index contributed by atoms with van der Waals surface area (Å²) in [5.41, 5.74) is 2.05. The van der Waals surface area contributed by atoms with Crippen LogP contribution in [0.2, 0.25) is 0 Å². The quantitative estimate of drug-likeness (QED) is 0.599. The Morgan fingerprint density at radius 1 is 0.815 bits per heavy atom. The molecule has 0 heterocycles. The fraction of sp³-hybridized carbons (Fsp3) is 0. The molecule has 0 unspecified atom stereocenters. The van der Waals surface area contributed by atoms with Gasteiger partial charge in [-0.05, 0) is 48.5 Å². The standard InChI is InChI=1S/C22H14BrNO3/c23-17-13-10-15(11-14-17)9-12-16-5-1-4-8-20(16)24-21(25)18-6-2-3-7-19(18)22(26)27/h1-8,10-11,13-14H,(H,24,25)(H,26,27). The minimum atomic E-state index is -1.15. The summed E-state index contributed by atoms with van der Waals surface area (Å²) in [5, 5.41) is 12.0. The van der Waals surface area contributed by atoms with E-state index in [0.29, 0.717) is 11.3 Å². The van der Waals surface area contributed by atoms with E-state index in [1.54, 1.807) is 30.3 Å². The molecule has 0 aromatic heterocycles. The van der Waals surface area contributed by atoms with Crippen LogP contribution in [0.15, 0.2) is 77.3 Å². The number of rotatable bonds is 3. The Morgan fingerprint density at radius 2 is 1.44 bits per heavy atom. The van der Waals surface area contributed by atoms with Crippen LogP contribution in [0.3, 0.4) is 0 Å². The van der Waals surface area contributed by atoms with Crippen molar-refractivity contribution < 1.29 is 14.7 Å². The summed E-state index contributed by atoms with van der Waals surface area (Å²) >= 11 is 3.38. The molecule has 3 rings (SSSR count). The van der Waals surface area contributed by atoms with E-state index in [2.05, 4.69) is 33.1 Å². The van der Waals surface area contributed by atoms with Gasteiger partial charge >= 0.3 is 5.97 Å². The van der Waals surface area contributed by atoms with Gasteiger partial charge < -0.3 is 10.4 Å². The number of para-hydroxylation sites is 1. The van der Waals surface area contributed by atoms with Crippen LogP contribution in [0.4, 0.5) is 5.69 Å². The van der Waals surface area contributed by atoms with Crippen LogP contribution in [0, 0.1) is 11.8 Å². The summed E-state index contributed by atoms with van der Waals surface area (Å²) in [4.78, 5) is 23.9. The van der Waals surface area contributed by atoms with E-state index in [1.165, 1.54) is 12.1 Å². The maximum absolute atomic E-state index is 12.6. The molecular weight excluding hydrogens is 406 g/mol. The predicted octanol–water partition coefficient (Wildman–Crippen LogP) is 4.80. The third-order valence-corrected chi connectivity index (χ3v) is 4.29. The predicted molar refractivity (Wildman–Crippen MR) is 108 cm³/mol. The van der Waals surface area contributed by atoms with Crippen LogP contribution in [0.5, 0.6) is 0 Å². The lowest BCUT2D eigenvalue weighted by molar-refractivity contribution is 0.0692. The number of anilines is 1. The summed E-state index contributed by atoms with van der Waals surface area (Å²) < 4.78 is 0.970. The topological polar surface area (TPSA) is 66.4 Å². The van der Waals surface area contributed by atoms with Gasteiger partial charge in [-0.25, -0.2) is 4.79 Å². The molecule has 4 nitrogen and oxygen atoms in total. The molecule has 0 bridgehead atoms. The second-order valence-corrected chi connectivity index (χ2v) is 6.52. The Labute approximate surface area is 165 Å². The van der Waals surface area contributed by atoms with E-state index in [0.717, 1.165) is 10.0 Å². The minimum absolute atomic E-state index is 0.0478. The number of nitrogens with one attached hydrogen (secondary N) is 1. The number of carboxylic acid groups (broad SMARTS) is 1. The van der Waals surface area contributed by atoms with Crippen molar-refractivity contribution in [1.82, 2.24) is 0 Å². The van der Waals surface area contributed by atoms with Gasteiger partial charge in [-0.15, -0.1) is 0 Å². The first-order valence-electron chi connectivity index (χ1n) is 8.05. The number of carbonyl (C=O) groups is 2. The lowest BCUT2D eigenvalue weighted by Gasteiger charge is -2.09. The monoisotopic (exact) mass is 419 g/mol. The number of halogens is 1. The van der Waals surface area contributed by atoms with Gasteiger partial charge in [-0.1, -0.05) is 52.0 Å². The lowest BCUT2D eigenvalue weighted by Crippen LogP contribution is -2.16. The molecule has 2 N–H and O–H groups in total. The second kappa shape index (κ2) is 8.35. The number of hydrogen-bond donors (Lipinski definition) is 2. The van der Waals surface area contributed by atoms with Crippen LogP contribution >= 0.6 is 15.9 Å². The number of carbonyl (C=O) groups excluding carboxylic acids is 1. The Hall–Kier alpha value is -3.36. The zero-order valence-corrected chi connectivity index (χ0v) is 15.7. The molecular formula is C22H14BrNO3. The molecule has 0 saturated heterocycles. The Balaban J connectivity index is 1.88. The number of benzene rings is 3. The van der Waals surface area contributed by atoms with Crippen LogP contribution in [-0.2, 0) is 0 Å². The first-order valence-corrected chi connectivity index (χ1v) is 8.84. The van der Waals surface area contributed by atoms with Crippen LogP contribution in [0.1, 0.15) is 31.8 Å². The molecule has 3 aromatic rings. The van der Waals surface area contributed by atoms with Crippen LogP contribution in [0.25, 0.3) is 0 Å². The molecule has 0 aliphatic heterocycles. The molecule has 0 radical (unpaired) electrons. The largest absolute Gasteiger partial charge is 0.478 e. The molecule has 0 aliphatic carbocycles. The molecule has 1 amide bonds. The molecule has 0 fully saturated rings. The third kappa shape index (κ3) is 4.63. The minimum Gasteiger partial charge on any atom is -0.478 e. The van der Waals surface area contributed by atoms with Gasteiger partial charge in [0.1, 0.15) is 0 Å². The van der Waals surface area contributed by atoms with E-state index >= 15 is 0 Å². The summed E-state index contributed by atoms with van der Waals surface area (Å²) in [7, 11) is 0. The zero-order chi connectivity index (χ0) is 19.2. The Kier molecular flexibility index (Phi) is 5.70. The second-order valence-electron chi connectivity index (χ2n) is 5.61. The van der Waals surface area contributed by atoms with E-state index in [4.69, 9.17) is 0 Å². The molecule has 27 heavy (non-hydrogen) atoms. The first-order chi connectivity index (χ1) is 13.0. The summed E-state index contributed by atoms with van der Waals surface area (Å²) in [5.74, 6) is 4.46. The molecule has 3 aromatic carbocycles. The van der Waals surface area contributed by atoms with E-state index in [1.807, 2.05) is 30.3 Å².